The zero-order valence-corrected chi connectivity index (χ0v) is 14.4. The van der Waals surface area contributed by atoms with Gasteiger partial charge in [0.05, 0.1) is 13.2 Å². The molecule has 1 aliphatic heterocycles. The van der Waals surface area contributed by atoms with Gasteiger partial charge in [-0.05, 0) is 17.7 Å². The number of morpholine rings is 1. The molecule has 6 heteroatoms. The summed E-state index contributed by atoms with van der Waals surface area (Å²) in [6.45, 7) is 4.37. The Morgan fingerprint density at radius 1 is 1.25 bits per heavy atom. The number of benzene rings is 1. The Bertz CT molecular complexity index is 416. The van der Waals surface area contributed by atoms with Crippen LogP contribution in [-0.4, -0.2) is 46.4 Å². The summed E-state index contributed by atoms with van der Waals surface area (Å²) in [6, 6.07) is 8.65. The third-order valence-electron chi connectivity index (χ3n) is 3.23. The lowest BCUT2D eigenvalue weighted by atomic mass is 10.2. The minimum Gasteiger partial charge on any atom is -0.378 e. The van der Waals surface area contributed by atoms with E-state index in [4.69, 9.17) is 4.74 Å². The molecule has 0 spiro atoms. The number of guanidine groups is 1. The lowest BCUT2D eigenvalue weighted by molar-refractivity contribution is 0.122. The molecule has 112 valence electrons. The average Bonchev–Trinajstić information content (AvgIpc) is 2.50. The molecule has 1 aliphatic rings. The number of ether oxygens (including phenoxy) is 1. The van der Waals surface area contributed by atoms with Crippen molar-refractivity contribution in [2.75, 3.05) is 45.3 Å². The van der Waals surface area contributed by atoms with E-state index in [0.717, 1.165) is 38.8 Å². The predicted octanol–water partition coefficient (Wildman–Crippen LogP) is 1.44. The highest BCUT2D eigenvalue weighted by atomic mass is 127. The smallest absolute Gasteiger partial charge is 0.190 e. The SMILES string of the molecule is CN=C(NC)NCc1ccc(N2CCOCC2)cc1.I. The van der Waals surface area contributed by atoms with Crippen LogP contribution in [0.3, 0.4) is 0 Å². The number of hydrogen-bond donors (Lipinski definition) is 2. The van der Waals surface area contributed by atoms with Gasteiger partial charge in [-0.15, -0.1) is 24.0 Å². The summed E-state index contributed by atoms with van der Waals surface area (Å²) >= 11 is 0. The highest BCUT2D eigenvalue weighted by molar-refractivity contribution is 14.0. The molecule has 5 nitrogen and oxygen atoms in total. The van der Waals surface area contributed by atoms with Crippen LogP contribution in [0.4, 0.5) is 5.69 Å². The van der Waals surface area contributed by atoms with Gasteiger partial charge in [-0.2, -0.15) is 0 Å². The van der Waals surface area contributed by atoms with Gasteiger partial charge in [0.1, 0.15) is 0 Å². The average molecular weight is 390 g/mol. The normalized spacial score (nSPS) is 15.5. The van der Waals surface area contributed by atoms with Crippen molar-refractivity contribution >= 4 is 35.6 Å². The lowest BCUT2D eigenvalue weighted by Crippen LogP contribution is -2.36. The molecule has 0 aliphatic carbocycles. The molecule has 1 aromatic rings. The number of aliphatic imine (C=N–C) groups is 1. The molecule has 1 fully saturated rings. The first-order chi connectivity index (χ1) is 9.33. The van der Waals surface area contributed by atoms with Gasteiger partial charge in [-0.1, -0.05) is 12.1 Å². The van der Waals surface area contributed by atoms with Gasteiger partial charge in [0.25, 0.3) is 0 Å². The van der Waals surface area contributed by atoms with Crippen molar-refractivity contribution in [1.82, 2.24) is 10.6 Å². The molecule has 0 radical (unpaired) electrons. The molecule has 0 atom stereocenters. The highest BCUT2D eigenvalue weighted by Crippen LogP contribution is 2.16. The van der Waals surface area contributed by atoms with E-state index in [1.807, 2.05) is 7.05 Å². The van der Waals surface area contributed by atoms with E-state index in [0.29, 0.717) is 0 Å². The van der Waals surface area contributed by atoms with E-state index in [1.165, 1.54) is 11.3 Å². The number of halogens is 1. The fourth-order valence-corrected chi connectivity index (χ4v) is 2.11. The summed E-state index contributed by atoms with van der Waals surface area (Å²) in [7, 11) is 3.62. The van der Waals surface area contributed by atoms with Gasteiger partial charge in [0.15, 0.2) is 5.96 Å². The number of anilines is 1. The van der Waals surface area contributed by atoms with E-state index >= 15 is 0 Å². The molecule has 2 N–H and O–H groups in total. The molecule has 1 saturated heterocycles. The minimum absolute atomic E-state index is 0. The van der Waals surface area contributed by atoms with Crippen LogP contribution in [0.15, 0.2) is 29.3 Å². The minimum atomic E-state index is 0. The quantitative estimate of drug-likeness (QED) is 0.466. The summed E-state index contributed by atoms with van der Waals surface area (Å²) in [5, 5.41) is 6.24. The van der Waals surface area contributed by atoms with E-state index in [1.54, 1.807) is 7.05 Å². The van der Waals surface area contributed by atoms with Crippen molar-refractivity contribution < 1.29 is 4.74 Å². The molecule has 0 amide bonds. The topological polar surface area (TPSA) is 48.9 Å². The Kier molecular flexibility index (Phi) is 7.68. The highest BCUT2D eigenvalue weighted by Gasteiger charge is 2.10. The van der Waals surface area contributed by atoms with Gasteiger partial charge in [0.2, 0.25) is 0 Å². The van der Waals surface area contributed by atoms with E-state index in [-0.39, 0.29) is 24.0 Å². The number of nitrogens with one attached hydrogen (secondary N) is 2. The van der Waals surface area contributed by atoms with E-state index in [2.05, 4.69) is 44.8 Å². The monoisotopic (exact) mass is 390 g/mol. The molecule has 0 unspecified atom stereocenters. The Morgan fingerprint density at radius 2 is 1.90 bits per heavy atom. The molecule has 1 heterocycles. The second-order valence-electron chi connectivity index (χ2n) is 4.44. The largest absolute Gasteiger partial charge is 0.378 e. The second kappa shape index (κ2) is 9.02. The first kappa shape index (κ1) is 17.0. The maximum atomic E-state index is 5.36. The summed E-state index contributed by atoms with van der Waals surface area (Å²) < 4.78 is 5.36. The molecule has 2 rings (SSSR count). The van der Waals surface area contributed by atoms with E-state index < -0.39 is 0 Å². The van der Waals surface area contributed by atoms with Crippen LogP contribution in [-0.2, 0) is 11.3 Å². The summed E-state index contributed by atoms with van der Waals surface area (Å²) in [5.74, 6) is 0.803. The Labute approximate surface area is 137 Å². The van der Waals surface area contributed by atoms with Crippen LogP contribution in [0.5, 0.6) is 0 Å². The molecule has 20 heavy (non-hydrogen) atoms. The van der Waals surface area contributed by atoms with Gasteiger partial charge in [-0.25, -0.2) is 0 Å². The summed E-state index contributed by atoms with van der Waals surface area (Å²) in [5.41, 5.74) is 2.51. The number of rotatable bonds is 3. The predicted molar refractivity (Wildman–Crippen MR) is 94.1 cm³/mol. The van der Waals surface area contributed by atoms with Crippen LogP contribution >= 0.6 is 24.0 Å². The zero-order chi connectivity index (χ0) is 13.5. The van der Waals surface area contributed by atoms with Crippen LogP contribution in [0, 0.1) is 0 Å². The van der Waals surface area contributed by atoms with Crippen LogP contribution in [0.25, 0.3) is 0 Å². The Hall–Kier alpha value is -1.02. The van der Waals surface area contributed by atoms with E-state index in [9.17, 15) is 0 Å². The van der Waals surface area contributed by atoms with Crippen LogP contribution in [0.2, 0.25) is 0 Å². The van der Waals surface area contributed by atoms with Crippen LogP contribution in [0.1, 0.15) is 5.56 Å². The lowest BCUT2D eigenvalue weighted by Gasteiger charge is -2.28. The van der Waals surface area contributed by atoms with Gasteiger partial charge in [0, 0.05) is 39.4 Å². The second-order valence-corrected chi connectivity index (χ2v) is 4.44. The molecular weight excluding hydrogens is 367 g/mol. The third kappa shape index (κ3) is 4.82. The number of nitrogens with zero attached hydrogens (tertiary/aromatic N) is 2. The molecule has 0 aromatic heterocycles. The summed E-state index contributed by atoms with van der Waals surface area (Å²) in [6.07, 6.45) is 0. The zero-order valence-electron chi connectivity index (χ0n) is 12.1. The van der Waals surface area contributed by atoms with Gasteiger partial charge in [-0.3, -0.25) is 4.99 Å². The van der Waals surface area contributed by atoms with Gasteiger partial charge >= 0.3 is 0 Å². The molecule has 1 aromatic carbocycles. The first-order valence-electron chi connectivity index (χ1n) is 6.63. The Morgan fingerprint density at radius 3 is 2.45 bits per heavy atom. The molecule has 0 bridgehead atoms. The Balaban J connectivity index is 0.00000200. The maximum absolute atomic E-state index is 5.36. The van der Waals surface area contributed by atoms with Crippen molar-refractivity contribution in [2.24, 2.45) is 4.99 Å². The van der Waals surface area contributed by atoms with Crippen molar-refractivity contribution in [1.29, 1.82) is 0 Å². The van der Waals surface area contributed by atoms with Crippen molar-refractivity contribution in [3.05, 3.63) is 29.8 Å². The fraction of sp³-hybridized carbons (Fsp3) is 0.500. The maximum Gasteiger partial charge on any atom is 0.190 e. The fourth-order valence-electron chi connectivity index (χ4n) is 2.11. The van der Waals surface area contributed by atoms with Gasteiger partial charge < -0.3 is 20.3 Å². The van der Waals surface area contributed by atoms with Crippen molar-refractivity contribution in [3.8, 4) is 0 Å². The van der Waals surface area contributed by atoms with Crippen molar-refractivity contribution in [2.45, 2.75) is 6.54 Å². The third-order valence-corrected chi connectivity index (χ3v) is 3.23. The molecule has 0 saturated carbocycles. The first-order valence-corrected chi connectivity index (χ1v) is 6.63. The molecular formula is C14H23IN4O. The van der Waals surface area contributed by atoms with Crippen molar-refractivity contribution in [3.63, 3.8) is 0 Å². The van der Waals surface area contributed by atoms with Crippen LogP contribution < -0.4 is 15.5 Å². The number of hydrogen-bond acceptors (Lipinski definition) is 3. The summed E-state index contributed by atoms with van der Waals surface area (Å²) in [4.78, 5) is 6.44. The standard InChI is InChI=1S/C14H22N4O.HI/c1-15-14(16-2)17-11-12-3-5-13(6-4-12)18-7-9-19-10-8-18;/h3-6H,7-11H2,1-2H3,(H2,15,16,17);1H.